The van der Waals surface area contributed by atoms with Gasteiger partial charge in [0.15, 0.2) is 0 Å². The van der Waals surface area contributed by atoms with Crippen LogP contribution >= 0.6 is 0 Å². The molecule has 0 radical (unpaired) electrons. The topological polar surface area (TPSA) is 75.4 Å². The average molecular weight is 513 g/mol. The Morgan fingerprint density at radius 1 is 1.13 bits per heavy atom. The predicted octanol–water partition coefficient (Wildman–Crippen LogP) is 4.24. The molecule has 1 saturated heterocycles. The van der Waals surface area contributed by atoms with Crippen molar-refractivity contribution in [2.45, 2.75) is 38.3 Å². The molecule has 38 heavy (non-hydrogen) atoms. The van der Waals surface area contributed by atoms with Crippen molar-refractivity contribution in [1.29, 1.82) is 0 Å². The first-order chi connectivity index (χ1) is 18.3. The third kappa shape index (κ3) is 4.84. The van der Waals surface area contributed by atoms with Gasteiger partial charge in [-0.15, -0.1) is 0 Å². The molecule has 1 amide bonds. The van der Waals surface area contributed by atoms with Gasteiger partial charge in [0.25, 0.3) is 11.5 Å². The highest BCUT2D eigenvalue weighted by molar-refractivity contribution is 5.93. The molecule has 4 aromatic rings. The second kappa shape index (κ2) is 10.5. The highest BCUT2D eigenvalue weighted by atomic mass is 16.2. The SMILES string of the molecule is CNc1ccn(-c2ccnc3c2cc(CN2CC[C@@H](c4ccc(C(=O)N(C)C)cc4)C[C@H]2C)n3C)c(=O)c1. The monoisotopic (exact) mass is 512 g/mol. The second-order valence-corrected chi connectivity index (χ2v) is 10.5. The molecule has 1 aliphatic heterocycles. The van der Waals surface area contributed by atoms with Crippen LogP contribution < -0.4 is 10.9 Å². The molecule has 1 fully saturated rings. The Hall–Kier alpha value is -3.91. The summed E-state index contributed by atoms with van der Waals surface area (Å²) in [7, 11) is 7.42. The second-order valence-electron chi connectivity index (χ2n) is 10.5. The van der Waals surface area contributed by atoms with Gasteiger partial charge in [-0.25, -0.2) is 4.98 Å². The third-order valence-corrected chi connectivity index (χ3v) is 7.89. The number of amides is 1. The summed E-state index contributed by atoms with van der Waals surface area (Å²) in [6, 6.07) is 16.1. The summed E-state index contributed by atoms with van der Waals surface area (Å²) < 4.78 is 3.82. The summed E-state index contributed by atoms with van der Waals surface area (Å²) in [4.78, 5) is 33.8. The molecule has 8 heteroatoms. The van der Waals surface area contributed by atoms with E-state index in [1.165, 1.54) is 11.3 Å². The molecule has 3 aromatic heterocycles. The predicted molar refractivity (Wildman–Crippen MR) is 152 cm³/mol. The number of nitrogens with zero attached hydrogens (tertiary/aromatic N) is 5. The minimum Gasteiger partial charge on any atom is -0.388 e. The van der Waals surface area contributed by atoms with E-state index in [0.717, 1.165) is 53.9 Å². The standard InChI is InChI=1S/C30H36N6O2/c1-20-16-23(21-6-8-22(9-7-21)30(38)33(3)4)11-14-35(20)19-25-18-26-27(10-13-32-29(26)34(25)5)36-15-12-24(31-2)17-28(36)37/h6-10,12-13,15,17-18,20,23,31H,11,14,16,19H2,1-5H3/t20-,23-/m1/s1. The van der Waals surface area contributed by atoms with Crippen molar-refractivity contribution in [3.8, 4) is 5.69 Å². The Bertz CT molecular complexity index is 1520. The number of aryl methyl sites for hydroxylation is 1. The van der Waals surface area contributed by atoms with Crippen LogP contribution in [0.1, 0.15) is 47.3 Å². The zero-order valence-corrected chi connectivity index (χ0v) is 22.8. The number of carbonyl (C=O) groups is 1. The van der Waals surface area contributed by atoms with Crippen molar-refractivity contribution in [1.82, 2.24) is 23.9 Å². The number of piperidine rings is 1. The van der Waals surface area contributed by atoms with Gasteiger partial charge in [-0.1, -0.05) is 12.1 Å². The molecule has 198 valence electrons. The molecule has 0 saturated carbocycles. The molecule has 2 atom stereocenters. The Kier molecular flexibility index (Phi) is 7.08. The number of nitrogens with one attached hydrogen (secondary N) is 1. The Labute approximate surface area is 223 Å². The Morgan fingerprint density at radius 2 is 1.89 bits per heavy atom. The molecule has 0 aliphatic carbocycles. The lowest BCUT2D eigenvalue weighted by Gasteiger charge is -2.38. The number of rotatable bonds is 6. The van der Waals surface area contributed by atoms with Crippen molar-refractivity contribution >= 4 is 22.6 Å². The molecule has 8 nitrogen and oxygen atoms in total. The number of hydrogen-bond acceptors (Lipinski definition) is 5. The van der Waals surface area contributed by atoms with Crippen LogP contribution in [0.2, 0.25) is 0 Å². The van der Waals surface area contributed by atoms with E-state index in [1.54, 1.807) is 42.9 Å². The van der Waals surface area contributed by atoms with Gasteiger partial charge in [-0.2, -0.15) is 0 Å². The summed E-state index contributed by atoms with van der Waals surface area (Å²) in [6.07, 6.45) is 5.73. The van der Waals surface area contributed by atoms with Crippen molar-refractivity contribution in [2.24, 2.45) is 7.05 Å². The van der Waals surface area contributed by atoms with Gasteiger partial charge in [0.2, 0.25) is 0 Å². The summed E-state index contributed by atoms with van der Waals surface area (Å²) in [5.74, 6) is 0.519. The number of fused-ring (bicyclic) bond motifs is 1. The van der Waals surface area contributed by atoms with E-state index >= 15 is 0 Å². The van der Waals surface area contributed by atoms with Gasteiger partial charge >= 0.3 is 0 Å². The van der Waals surface area contributed by atoms with E-state index in [4.69, 9.17) is 0 Å². The molecular weight excluding hydrogens is 476 g/mol. The zero-order valence-electron chi connectivity index (χ0n) is 22.8. The van der Waals surface area contributed by atoms with Crippen LogP contribution in [0.4, 0.5) is 5.69 Å². The summed E-state index contributed by atoms with van der Waals surface area (Å²) in [5.41, 5.74) is 5.64. The average Bonchev–Trinajstić information content (AvgIpc) is 3.24. The number of anilines is 1. The molecule has 1 N–H and O–H groups in total. The Balaban J connectivity index is 1.34. The quantitative estimate of drug-likeness (QED) is 0.418. The van der Waals surface area contributed by atoms with Crippen LogP contribution in [-0.2, 0) is 13.6 Å². The van der Waals surface area contributed by atoms with Gasteiger partial charge in [0, 0.05) is 81.6 Å². The number of likely N-dealkylation sites (tertiary alicyclic amines) is 1. The molecule has 1 aromatic carbocycles. The lowest BCUT2D eigenvalue weighted by Crippen LogP contribution is -2.39. The van der Waals surface area contributed by atoms with Crippen molar-refractivity contribution < 1.29 is 4.79 Å². The molecule has 0 unspecified atom stereocenters. The summed E-state index contributed by atoms with van der Waals surface area (Å²) >= 11 is 0. The zero-order chi connectivity index (χ0) is 27.0. The highest BCUT2D eigenvalue weighted by Gasteiger charge is 2.27. The normalized spacial score (nSPS) is 18.0. The van der Waals surface area contributed by atoms with Crippen LogP contribution in [0.3, 0.4) is 0 Å². The minimum atomic E-state index is -0.0791. The fraction of sp³-hybridized carbons (Fsp3) is 0.367. The molecule has 0 spiro atoms. The first-order valence-electron chi connectivity index (χ1n) is 13.2. The van der Waals surface area contributed by atoms with E-state index in [9.17, 15) is 9.59 Å². The van der Waals surface area contributed by atoms with Gasteiger partial charge in [-0.05, 0) is 68.1 Å². The van der Waals surface area contributed by atoms with Gasteiger partial charge in [0.1, 0.15) is 5.65 Å². The summed E-state index contributed by atoms with van der Waals surface area (Å²) in [6.45, 7) is 4.12. The maximum absolute atomic E-state index is 12.8. The van der Waals surface area contributed by atoms with Crippen LogP contribution in [-0.4, -0.2) is 63.6 Å². The third-order valence-electron chi connectivity index (χ3n) is 7.89. The largest absolute Gasteiger partial charge is 0.388 e. The summed E-state index contributed by atoms with van der Waals surface area (Å²) in [5, 5.41) is 3.99. The van der Waals surface area contributed by atoms with E-state index in [1.807, 2.05) is 30.5 Å². The Morgan fingerprint density at radius 3 is 2.55 bits per heavy atom. The lowest BCUT2D eigenvalue weighted by molar-refractivity contribution is 0.0827. The minimum absolute atomic E-state index is 0.0344. The number of pyridine rings is 2. The first-order valence-corrected chi connectivity index (χ1v) is 13.2. The van der Waals surface area contributed by atoms with Crippen LogP contribution in [0.5, 0.6) is 0 Å². The maximum atomic E-state index is 12.8. The van der Waals surface area contributed by atoms with Gasteiger partial charge in [0.05, 0.1) is 5.69 Å². The number of hydrogen-bond donors (Lipinski definition) is 1. The van der Waals surface area contributed by atoms with Crippen molar-refractivity contribution in [3.05, 3.63) is 88.1 Å². The molecule has 0 bridgehead atoms. The van der Waals surface area contributed by atoms with Gasteiger partial charge < -0.3 is 14.8 Å². The van der Waals surface area contributed by atoms with Crippen LogP contribution in [0, 0.1) is 0 Å². The van der Waals surface area contributed by atoms with Crippen LogP contribution in [0.25, 0.3) is 16.7 Å². The van der Waals surface area contributed by atoms with Crippen LogP contribution in [0.15, 0.2) is 65.7 Å². The van der Waals surface area contributed by atoms with Crippen molar-refractivity contribution in [3.63, 3.8) is 0 Å². The number of aromatic nitrogens is 3. The fourth-order valence-electron chi connectivity index (χ4n) is 5.58. The highest BCUT2D eigenvalue weighted by Crippen LogP contribution is 2.33. The van der Waals surface area contributed by atoms with E-state index in [2.05, 4.69) is 51.9 Å². The van der Waals surface area contributed by atoms with Gasteiger partial charge in [-0.3, -0.25) is 19.1 Å². The smallest absolute Gasteiger partial charge is 0.257 e. The molecule has 5 rings (SSSR count). The number of benzene rings is 1. The molecular formula is C30H36N6O2. The molecule has 1 aliphatic rings. The number of carbonyl (C=O) groups excluding carboxylic acids is 1. The van der Waals surface area contributed by atoms with E-state index in [0.29, 0.717) is 12.0 Å². The lowest BCUT2D eigenvalue weighted by atomic mass is 9.85. The fourth-order valence-corrected chi connectivity index (χ4v) is 5.58. The van der Waals surface area contributed by atoms with E-state index < -0.39 is 0 Å². The van der Waals surface area contributed by atoms with E-state index in [-0.39, 0.29) is 11.5 Å². The van der Waals surface area contributed by atoms with Crippen molar-refractivity contribution in [2.75, 3.05) is 33.0 Å². The maximum Gasteiger partial charge on any atom is 0.257 e. The first kappa shape index (κ1) is 25.7. The molecule has 4 heterocycles.